The van der Waals surface area contributed by atoms with Crippen molar-refractivity contribution in [2.75, 3.05) is 5.32 Å². The van der Waals surface area contributed by atoms with E-state index in [-0.39, 0.29) is 16.3 Å². The molecule has 7 heteroatoms. The Balaban J connectivity index is 2.16. The quantitative estimate of drug-likeness (QED) is 0.310. The van der Waals surface area contributed by atoms with E-state index in [1.54, 1.807) is 12.1 Å². The van der Waals surface area contributed by atoms with Gasteiger partial charge in [0.1, 0.15) is 16.7 Å². The van der Waals surface area contributed by atoms with Crippen molar-refractivity contribution in [1.82, 2.24) is 0 Å². The minimum Gasteiger partial charge on any atom is -0.321 e. The highest BCUT2D eigenvalue weighted by Gasteiger charge is 2.14. The first kappa shape index (κ1) is 20.1. The van der Waals surface area contributed by atoms with E-state index in [9.17, 15) is 20.2 Å². The summed E-state index contributed by atoms with van der Waals surface area (Å²) >= 11 is 5.77. The van der Waals surface area contributed by atoms with Crippen LogP contribution in [-0.4, -0.2) is 10.8 Å². The number of nitrogens with zero attached hydrogens (tertiary/aromatic N) is 2. The summed E-state index contributed by atoms with van der Waals surface area (Å²) in [5, 5.41) is 22.9. The van der Waals surface area contributed by atoms with Crippen LogP contribution in [0.5, 0.6) is 0 Å². The summed E-state index contributed by atoms with van der Waals surface area (Å²) < 4.78 is 0. The molecule has 0 saturated heterocycles. The fourth-order valence-electron chi connectivity index (χ4n) is 2.41. The standard InChI is InChI=1S/C20H18ClN3O3/c1-2-3-4-14-5-8-17(9-6-14)23-20(25)16(13-22)11-15-7-10-18(21)19(12-15)24(26)27/h5-12H,2-4H2,1H3,(H,23,25)/b16-11-. The highest BCUT2D eigenvalue weighted by Crippen LogP contribution is 2.26. The maximum Gasteiger partial charge on any atom is 0.288 e. The molecule has 27 heavy (non-hydrogen) atoms. The average Bonchev–Trinajstić information content (AvgIpc) is 2.66. The van der Waals surface area contributed by atoms with Gasteiger partial charge in [-0.1, -0.05) is 43.1 Å². The van der Waals surface area contributed by atoms with Crippen LogP contribution < -0.4 is 5.32 Å². The van der Waals surface area contributed by atoms with Crippen molar-refractivity contribution in [3.63, 3.8) is 0 Å². The van der Waals surface area contributed by atoms with Crippen molar-refractivity contribution in [1.29, 1.82) is 5.26 Å². The number of benzene rings is 2. The van der Waals surface area contributed by atoms with Crippen LogP contribution in [0.2, 0.25) is 5.02 Å². The minimum absolute atomic E-state index is 0.0109. The molecule has 0 bridgehead atoms. The summed E-state index contributed by atoms with van der Waals surface area (Å²) in [6.45, 7) is 2.12. The van der Waals surface area contributed by atoms with Crippen LogP contribution >= 0.6 is 11.6 Å². The third kappa shape index (κ3) is 5.66. The van der Waals surface area contributed by atoms with Gasteiger partial charge in [0.15, 0.2) is 0 Å². The molecule has 6 nitrogen and oxygen atoms in total. The van der Waals surface area contributed by atoms with Crippen LogP contribution in [0.25, 0.3) is 6.08 Å². The number of halogens is 1. The second-order valence-corrected chi connectivity index (χ2v) is 6.30. The zero-order chi connectivity index (χ0) is 19.8. The topological polar surface area (TPSA) is 96.0 Å². The first-order valence-corrected chi connectivity index (χ1v) is 8.78. The van der Waals surface area contributed by atoms with Crippen molar-refractivity contribution in [2.45, 2.75) is 26.2 Å². The normalized spacial score (nSPS) is 10.9. The largest absolute Gasteiger partial charge is 0.321 e. The average molecular weight is 384 g/mol. The molecule has 0 heterocycles. The number of hydrogen-bond donors (Lipinski definition) is 1. The van der Waals surface area contributed by atoms with Gasteiger partial charge < -0.3 is 5.32 Å². The molecule has 0 aliphatic rings. The lowest BCUT2D eigenvalue weighted by Crippen LogP contribution is -2.13. The molecule has 138 valence electrons. The number of anilines is 1. The first-order chi connectivity index (χ1) is 12.9. The molecule has 1 amide bonds. The van der Waals surface area contributed by atoms with Crippen LogP contribution in [0, 0.1) is 21.4 Å². The molecule has 0 saturated carbocycles. The molecule has 0 spiro atoms. The van der Waals surface area contributed by atoms with Crippen molar-refractivity contribution in [3.8, 4) is 6.07 Å². The fraction of sp³-hybridized carbons (Fsp3) is 0.200. The van der Waals surface area contributed by atoms with Gasteiger partial charge >= 0.3 is 0 Å². The lowest BCUT2D eigenvalue weighted by Gasteiger charge is -2.06. The molecular formula is C20H18ClN3O3. The predicted octanol–water partition coefficient (Wildman–Crippen LogP) is 5.14. The Kier molecular flexibility index (Phi) is 7.09. The number of nitrogens with one attached hydrogen (secondary N) is 1. The van der Waals surface area contributed by atoms with Crippen LogP contribution in [0.15, 0.2) is 48.0 Å². The monoisotopic (exact) mass is 383 g/mol. The van der Waals surface area contributed by atoms with Gasteiger partial charge in [0.05, 0.1) is 4.92 Å². The van der Waals surface area contributed by atoms with Gasteiger partial charge in [0.25, 0.3) is 11.6 Å². The Labute approximate surface area is 162 Å². The Morgan fingerprint density at radius 1 is 1.30 bits per heavy atom. The van der Waals surface area contributed by atoms with Crippen molar-refractivity contribution >= 4 is 35.0 Å². The zero-order valence-electron chi connectivity index (χ0n) is 14.7. The third-order valence-electron chi connectivity index (χ3n) is 3.87. The molecule has 0 radical (unpaired) electrons. The molecule has 2 aromatic rings. The second kappa shape index (κ2) is 9.51. The van der Waals surface area contributed by atoms with Crippen molar-refractivity contribution < 1.29 is 9.72 Å². The van der Waals surface area contributed by atoms with E-state index in [0.29, 0.717) is 11.3 Å². The Morgan fingerprint density at radius 2 is 2.00 bits per heavy atom. The summed E-state index contributed by atoms with van der Waals surface area (Å²) in [5.41, 5.74) is 1.64. The van der Waals surface area contributed by atoms with E-state index >= 15 is 0 Å². The summed E-state index contributed by atoms with van der Waals surface area (Å²) in [4.78, 5) is 22.7. The predicted molar refractivity (Wildman–Crippen MR) is 105 cm³/mol. The lowest BCUT2D eigenvalue weighted by molar-refractivity contribution is -0.384. The maximum absolute atomic E-state index is 12.3. The molecule has 2 aromatic carbocycles. The molecule has 0 aliphatic heterocycles. The van der Waals surface area contributed by atoms with E-state index in [1.807, 2.05) is 18.2 Å². The zero-order valence-corrected chi connectivity index (χ0v) is 15.5. The van der Waals surface area contributed by atoms with Gasteiger partial charge in [0, 0.05) is 11.8 Å². The number of carbonyl (C=O) groups excluding carboxylic acids is 1. The summed E-state index contributed by atoms with van der Waals surface area (Å²) in [6.07, 6.45) is 4.47. The number of amides is 1. The van der Waals surface area contributed by atoms with Crippen LogP contribution in [-0.2, 0) is 11.2 Å². The van der Waals surface area contributed by atoms with E-state index in [4.69, 9.17) is 11.6 Å². The summed E-state index contributed by atoms with van der Waals surface area (Å²) in [6, 6.07) is 13.3. The van der Waals surface area contributed by atoms with Gasteiger partial charge in [-0.25, -0.2) is 0 Å². The number of nitriles is 1. The van der Waals surface area contributed by atoms with Gasteiger partial charge in [-0.05, 0) is 48.2 Å². The summed E-state index contributed by atoms with van der Waals surface area (Å²) in [7, 11) is 0. The number of rotatable bonds is 7. The number of carbonyl (C=O) groups is 1. The fourth-order valence-corrected chi connectivity index (χ4v) is 2.60. The van der Waals surface area contributed by atoms with Gasteiger partial charge in [-0.3, -0.25) is 14.9 Å². The second-order valence-electron chi connectivity index (χ2n) is 5.89. The van der Waals surface area contributed by atoms with Crippen molar-refractivity contribution in [3.05, 3.63) is 74.3 Å². The number of nitro groups is 1. The molecule has 2 rings (SSSR count). The summed E-state index contributed by atoms with van der Waals surface area (Å²) in [5.74, 6) is -0.587. The lowest BCUT2D eigenvalue weighted by atomic mass is 10.1. The molecule has 0 unspecified atom stereocenters. The number of unbranched alkanes of at least 4 members (excludes halogenated alkanes) is 1. The number of nitro benzene ring substituents is 1. The highest BCUT2D eigenvalue weighted by atomic mass is 35.5. The van der Waals surface area contributed by atoms with Gasteiger partial charge in [-0.2, -0.15) is 5.26 Å². The third-order valence-corrected chi connectivity index (χ3v) is 4.19. The van der Waals surface area contributed by atoms with Crippen LogP contribution in [0.4, 0.5) is 11.4 Å². The van der Waals surface area contributed by atoms with E-state index in [1.165, 1.54) is 29.8 Å². The number of hydrogen-bond acceptors (Lipinski definition) is 4. The minimum atomic E-state index is -0.619. The highest BCUT2D eigenvalue weighted by molar-refractivity contribution is 6.32. The molecule has 0 aliphatic carbocycles. The molecule has 0 aromatic heterocycles. The molecular weight excluding hydrogens is 366 g/mol. The Bertz CT molecular complexity index is 915. The van der Waals surface area contributed by atoms with E-state index in [0.717, 1.165) is 19.3 Å². The maximum atomic E-state index is 12.3. The van der Waals surface area contributed by atoms with E-state index in [2.05, 4.69) is 12.2 Å². The number of aryl methyl sites for hydroxylation is 1. The van der Waals surface area contributed by atoms with Crippen LogP contribution in [0.3, 0.4) is 0 Å². The first-order valence-electron chi connectivity index (χ1n) is 8.40. The SMILES string of the molecule is CCCCc1ccc(NC(=O)/C(C#N)=C\c2ccc(Cl)c([N+](=O)[O-])c2)cc1. The van der Waals surface area contributed by atoms with Gasteiger partial charge in [-0.15, -0.1) is 0 Å². The molecule has 0 atom stereocenters. The Morgan fingerprint density at radius 3 is 2.59 bits per heavy atom. The van der Waals surface area contributed by atoms with Crippen molar-refractivity contribution in [2.24, 2.45) is 0 Å². The molecule has 0 fully saturated rings. The Hall–Kier alpha value is -3.17. The van der Waals surface area contributed by atoms with Gasteiger partial charge in [0.2, 0.25) is 0 Å². The molecule has 1 N–H and O–H groups in total. The van der Waals surface area contributed by atoms with Crippen LogP contribution in [0.1, 0.15) is 30.9 Å². The van der Waals surface area contributed by atoms with E-state index < -0.39 is 10.8 Å². The smallest absolute Gasteiger partial charge is 0.288 e.